The average molecular weight is 275 g/mol. The number of nitrogens with one attached hydrogen (secondary N) is 1. The van der Waals surface area contributed by atoms with Crippen LogP contribution in [0.1, 0.15) is 24.3 Å². The van der Waals surface area contributed by atoms with E-state index in [-0.39, 0.29) is 5.97 Å². The fraction of sp³-hybridized carbons (Fsp3) is 0.438. The van der Waals surface area contributed by atoms with E-state index < -0.39 is 0 Å². The van der Waals surface area contributed by atoms with Crippen molar-refractivity contribution in [1.29, 1.82) is 0 Å². The molecular formula is C16H23N2O2+. The van der Waals surface area contributed by atoms with Gasteiger partial charge in [0.1, 0.15) is 18.8 Å². The van der Waals surface area contributed by atoms with Crippen LogP contribution in [-0.4, -0.2) is 48.7 Å². The third-order valence-corrected chi connectivity index (χ3v) is 4.14. The van der Waals surface area contributed by atoms with Crippen LogP contribution >= 0.6 is 0 Å². The highest BCUT2D eigenvalue weighted by Crippen LogP contribution is 2.15. The van der Waals surface area contributed by atoms with E-state index >= 15 is 0 Å². The maximum Gasteiger partial charge on any atom is 0.354 e. The van der Waals surface area contributed by atoms with E-state index in [1.54, 1.807) is 0 Å². The van der Waals surface area contributed by atoms with Crippen molar-refractivity contribution in [3.63, 3.8) is 0 Å². The van der Waals surface area contributed by atoms with Gasteiger partial charge in [0.15, 0.2) is 0 Å². The van der Waals surface area contributed by atoms with Crippen LogP contribution in [0.15, 0.2) is 30.3 Å². The zero-order chi connectivity index (χ0) is 14.6. The zero-order valence-corrected chi connectivity index (χ0v) is 12.5. The molecule has 0 amide bonds. The molecule has 0 aliphatic rings. The number of rotatable bonds is 6. The van der Waals surface area contributed by atoms with E-state index in [1.807, 2.05) is 30.3 Å². The summed E-state index contributed by atoms with van der Waals surface area (Å²) in [5.41, 5.74) is 1.48. The third-order valence-electron chi connectivity index (χ3n) is 4.14. The molecule has 0 unspecified atom stereocenters. The van der Waals surface area contributed by atoms with Gasteiger partial charge in [0.2, 0.25) is 0 Å². The number of H-pyrrole nitrogens is 1. The Morgan fingerprint density at radius 2 is 1.95 bits per heavy atom. The highest BCUT2D eigenvalue weighted by molar-refractivity contribution is 5.94. The summed E-state index contributed by atoms with van der Waals surface area (Å²) in [6.45, 7) is 7.69. The number of fused-ring (bicyclic) bond motifs is 1. The van der Waals surface area contributed by atoms with Gasteiger partial charge in [-0.15, -0.1) is 0 Å². The Hall–Kier alpha value is -1.81. The average Bonchev–Trinajstić information content (AvgIpc) is 2.91. The van der Waals surface area contributed by atoms with E-state index in [0.717, 1.165) is 35.0 Å². The van der Waals surface area contributed by atoms with Gasteiger partial charge in [0, 0.05) is 10.9 Å². The van der Waals surface area contributed by atoms with Crippen LogP contribution in [-0.2, 0) is 4.74 Å². The lowest BCUT2D eigenvalue weighted by atomic mass is 10.2. The van der Waals surface area contributed by atoms with Crippen LogP contribution in [0.3, 0.4) is 0 Å². The summed E-state index contributed by atoms with van der Waals surface area (Å²) in [7, 11) is 2.18. The van der Waals surface area contributed by atoms with Crippen LogP contribution in [0.2, 0.25) is 0 Å². The molecule has 0 fully saturated rings. The van der Waals surface area contributed by atoms with Crippen LogP contribution in [0.5, 0.6) is 0 Å². The van der Waals surface area contributed by atoms with E-state index in [9.17, 15) is 4.79 Å². The second-order valence-electron chi connectivity index (χ2n) is 5.38. The molecule has 4 nitrogen and oxygen atoms in total. The SMILES string of the molecule is CC[N+](C)(CC)CCOC(=O)c1cc2ccccc2[nH]1. The van der Waals surface area contributed by atoms with Crippen molar-refractivity contribution >= 4 is 16.9 Å². The summed E-state index contributed by atoms with van der Waals surface area (Å²) in [5.74, 6) is -0.278. The molecule has 0 atom stereocenters. The molecule has 1 aromatic heterocycles. The maximum atomic E-state index is 12.0. The lowest BCUT2D eigenvalue weighted by molar-refractivity contribution is -0.906. The topological polar surface area (TPSA) is 42.1 Å². The highest BCUT2D eigenvalue weighted by atomic mass is 16.5. The van der Waals surface area contributed by atoms with Crippen molar-refractivity contribution in [2.45, 2.75) is 13.8 Å². The molecule has 0 saturated heterocycles. The zero-order valence-electron chi connectivity index (χ0n) is 12.5. The van der Waals surface area contributed by atoms with Crippen LogP contribution in [0.4, 0.5) is 0 Å². The molecule has 4 heteroatoms. The fourth-order valence-electron chi connectivity index (χ4n) is 2.16. The number of hydrogen-bond acceptors (Lipinski definition) is 2. The minimum Gasteiger partial charge on any atom is -0.455 e. The Morgan fingerprint density at radius 3 is 2.60 bits per heavy atom. The van der Waals surface area contributed by atoms with Crippen molar-refractivity contribution in [2.75, 3.05) is 33.3 Å². The van der Waals surface area contributed by atoms with Crippen LogP contribution in [0.25, 0.3) is 10.9 Å². The first-order valence-electron chi connectivity index (χ1n) is 7.16. The standard InChI is InChI=1S/C16H22N2O2/c1-4-18(3,5-2)10-11-20-16(19)15-12-13-8-6-7-9-14(13)17-15/h6-9,12H,4-5,10-11H2,1-3H3/p+1. The molecule has 0 saturated carbocycles. The Morgan fingerprint density at radius 1 is 1.25 bits per heavy atom. The van der Waals surface area contributed by atoms with Crippen molar-refractivity contribution in [3.8, 4) is 0 Å². The Labute approximate surface area is 119 Å². The second kappa shape index (κ2) is 6.09. The van der Waals surface area contributed by atoms with Gasteiger partial charge >= 0.3 is 5.97 Å². The lowest BCUT2D eigenvalue weighted by Gasteiger charge is -2.31. The summed E-state index contributed by atoms with van der Waals surface area (Å²) in [6.07, 6.45) is 0. The van der Waals surface area contributed by atoms with Gasteiger partial charge in [-0.25, -0.2) is 4.79 Å². The molecule has 1 heterocycles. The smallest absolute Gasteiger partial charge is 0.354 e. The molecule has 108 valence electrons. The van der Waals surface area contributed by atoms with Gasteiger partial charge in [-0.3, -0.25) is 0 Å². The number of benzene rings is 1. The fourth-order valence-corrected chi connectivity index (χ4v) is 2.16. The molecule has 2 aromatic rings. The van der Waals surface area contributed by atoms with Gasteiger partial charge in [-0.1, -0.05) is 18.2 Å². The first kappa shape index (κ1) is 14.6. The monoisotopic (exact) mass is 275 g/mol. The predicted octanol–water partition coefficient (Wildman–Crippen LogP) is 2.81. The number of ether oxygens (including phenoxy) is 1. The number of carbonyl (C=O) groups excluding carboxylic acids is 1. The largest absolute Gasteiger partial charge is 0.455 e. The van der Waals surface area contributed by atoms with E-state index in [4.69, 9.17) is 4.74 Å². The predicted molar refractivity (Wildman–Crippen MR) is 80.7 cm³/mol. The number of esters is 1. The summed E-state index contributed by atoms with van der Waals surface area (Å²) in [4.78, 5) is 15.1. The Bertz CT molecular complexity index is 552. The quantitative estimate of drug-likeness (QED) is 0.650. The molecule has 1 aromatic carbocycles. The van der Waals surface area contributed by atoms with Crippen molar-refractivity contribution in [1.82, 2.24) is 4.98 Å². The number of likely N-dealkylation sites (N-methyl/N-ethyl adjacent to an activating group) is 1. The number of nitrogens with zero attached hydrogens (tertiary/aromatic N) is 1. The number of para-hydroxylation sites is 1. The number of carbonyl (C=O) groups is 1. The molecule has 0 aliphatic heterocycles. The minimum atomic E-state index is -0.278. The minimum absolute atomic E-state index is 0.278. The molecule has 2 rings (SSSR count). The summed E-state index contributed by atoms with van der Waals surface area (Å²) in [6, 6.07) is 9.67. The number of aromatic nitrogens is 1. The Balaban J connectivity index is 1.95. The summed E-state index contributed by atoms with van der Waals surface area (Å²) >= 11 is 0. The maximum absolute atomic E-state index is 12.0. The van der Waals surface area contributed by atoms with Gasteiger partial charge < -0.3 is 14.2 Å². The summed E-state index contributed by atoms with van der Waals surface area (Å²) < 4.78 is 6.29. The number of aromatic amines is 1. The van der Waals surface area contributed by atoms with E-state index in [2.05, 4.69) is 25.9 Å². The van der Waals surface area contributed by atoms with Crippen molar-refractivity contribution in [2.24, 2.45) is 0 Å². The van der Waals surface area contributed by atoms with Crippen LogP contribution in [0, 0.1) is 0 Å². The molecule has 0 spiro atoms. The molecular weight excluding hydrogens is 252 g/mol. The lowest BCUT2D eigenvalue weighted by Crippen LogP contribution is -2.46. The van der Waals surface area contributed by atoms with Gasteiger partial charge in [-0.05, 0) is 26.0 Å². The van der Waals surface area contributed by atoms with E-state index in [0.29, 0.717) is 12.3 Å². The van der Waals surface area contributed by atoms with Gasteiger partial charge in [0.25, 0.3) is 0 Å². The van der Waals surface area contributed by atoms with Gasteiger partial charge in [-0.2, -0.15) is 0 Å². The van der Waals surface area contributed by atoms with E-state index in [1.165, 1.54) is 0 Å². The first-order valence-corrected chi connectivity index (χ1v) is 7.16. The van der Waals surface area contributed by atoms with Crippen LogP contribution < -0.4 is 0 Å². The molecule has 0 aliphatic carbocycles. The summed E-state index contributed by atoms with van der Waals surface area (Å²) in [5, 5.41) is 1.03. The molecule has 20 heavy (non-hydrogen) atoms. The Kier molecular flexibility index (Phi) is 4.45. The molecule has 0 bridgehead atoms. The number of hydrogen-bond donors (Lipinski definition) is 1. The second-order valence-corrected chi connectivity index (χ2v) is 5.38. The normalized spacial score (nSPS) is 11.8. The van der Waals surface area contributed by atoms with Crippen molar-refractivity contribution in [3.05, 3.63) is 36.0 Å². The third kappa shape index (κ3) is 3.20. The first-order chi connectivity index (χ1) is 9.58. The van der Waals surface area contributed by atoms with Gasteiger partial charge in [0.05, 0.1) is 20.1 Å². The molecule has 0 radical (unpaired) electrons. The number of quaternary nitrogens is 1. The molecule has 1 N–H and O–H groups in total. The van der Waals surface area contributed by atoms with Crippen molar-refractivity contribution < 1.29 is 14.0 Å². The highest BCUT2D eigenvalue weighted by Gasteiger charge is 2.18.